The molecule has 1 N–H and O–H groups in total. The molecule has 0 aromatic heterocycles. The average Bonchev–Trinajstić information content (AvgIpc) is 2.89. The topological polar surface area (TPSA) is 57.2 Å². The molecule has 3 rings (SSSR count). The van der Waals surface area contributed by atoms with Crippen molar-refractivity contribution in [1.29, 1.82) is 0 Å². The number of aliphatic hydroxyl groups is 1. The van der Waals surface area contributed by atoms with Crippen LogP contribution in [0, 0.1) is 0 Å². The molecule has 1 aliphatic rings. The normalized spacial score (nSPS) is 24.4. The highest BCUT2D eigenvalue weighted by Gasteiger charge is 2.50. The third-order valence-electron chi connectivity index (χ3n) is 7.72. The summed E-state index contributed by atoms with van der Waals surface area (Å²) in [6, 6.07) is 20.2. The lowest BCUT2D eigenvalue weighted by Crippen LogP contribution is -2.61. The van der Waals surface area contributed by atoms with Crippen molar-refractivity contribution in [3.63, 3.8) is 0 Å². The Kier molecular flexibility index (Phi) is 12.4. The first-order valence-electron chi connectivity index (χ1n) is 14.1. The van der Waals surface area contributed by atoms with Crippen LogP contribution in [-0.2, 0) is 31.9 Å². The van der Waals surface area contributed by atoms with Gasteiger partial charge in [-0.15, -0.1) is 11.8 Å². The smallest absolute Gasteiger partial charge is 0.200 e. The van der Waals surface area contributed by atoms with Crippen molar-refractivity contribution in [3.8, 4) is 0 Å². The molecule has 1 fully saturated rings. The van der Waals surface area contributed by atoms with Gasteiger partial charge in [-0.25, -0.2) is 0 Å². The Labute approximate surface area is 235 Å². The number of rotatable bonds is 14. The van der Waals surface area contributed by atoms with E-state index in [-0.39, 0.29) is 6.10 Å². The predicted octanol–water partition coefficient (Wildman–Crippen LogP) is 7.19. The Morgan fingerprint density at radius 1 is 0.789 bits per heavy atom. The molecule has 5 atom stereocenters. The van der Waals surface area contributed by atoms with Gasteiger partial charge >= 0.3 is 0 Å². The van der Waals surface area contributed by atoms with Crippen molar-refractivity contribution < 1.29 is 23.7 Å². The minimum Gasteiger partial charge on any atom is -0.413 e. The van der Waals surface area contributed by atoms with Crippen molar-refractivity contribution in [3.05, 3.63) is 71.8 Å². The maximum atomic E-state index is 11.4. The zero-order valence-electron chi connectivity index (χ0n) is 24.2. The lowest BCUT2D eigenvalue weighted by Gasteiger charge is -2.47. The zero-order valence-corrected chi connectivity index (χ0v) is 26.0. The molecule has 0 spiro atoms. The van der Waals surface area contributed by atoms with Crippen LogP contribution in [0.1, 0.15) is 59.6 Å². The largest absolute Gasteiger partial charge is 0.413 e. The molecule has 0 aliphatic carbocycles. The molecule has 1 saturated heterocycles. The van der Waals surface area contributed by atoms with Gasteiger partial charge in [0.05, 0.1) is 19.8 Å². The monoisotopic (exact) mass is 560 g/mol. The zero-order chi connectivity index (χ0) is 27.7. The number of ether oxygens (including phenoxy) is 3. The van der Waals surface area contributed by atoms with E-state index in [0.29, 0.717) is 36.4 Å². The van der Waals surface area contributed by atoms with Crippen molar-refractivity contribution in [2.45, 2.75) is 108 Å². The Balaban J connectivity index is 1.89. The standard InChI is InChI=1S/C31H48O5SSi/c1-8-37-31-28(32)30(34-20-26-17-13-10-14-18-26)29(33-19-25-15-11-9-12-16-25)27(36-31)21-35-38(22(2)3,23(4)5)24(6)7/h9-18,22-24,27-32H,8,19-21H2,1-7H3/t27-,28-,29+,30-,31+/m1/s1. The second kappa shape index (κ2) is 15.0. The van der Waals surface area contributed by atoms with Crippen molar-refractivity contribution in [2.24, 2.45) is 0 Å². The van der Waals surface area contributed by atoms with Crippen LogP contribution in [0.5, 0.6) is 0 Å². The van der Waals surface area contributed by atoms with Gasteiger partial charge in [-0.2, -0.15) is 0 Å². The van der Waals surface area contributed by atoms with Crippen LogP contribution in [0.15, 0.2) is 60.7 Å². The van der Waals surface area contributed by atoms with E-state index in [1.165, 1.54) is 0 Å². The van der Waals surface area contributed by atoms with Gasteiger partial charge in [-0.1, -0.05) is 109 Å². The summed E-state index contributed by atoms with van der Waals surface area (Å²) >= 11 is 1.61. The first kappa shape index (κ1) is 31.3. The summed E-state index contributed by atoms with van der Waals surface area (Å²) in [4.78, 5) is 0. The SMILES string of the molecule is CCS[C@@H]1O[C@H](CO[Si](C(C)C)(C(C)C)C(C)C)[C@H](OCc2ccccc2)[C@H](OCc2ccccc2)[C@H]1O. The van der Waals surface area contributed by atoms with Gasteiger partial charge in [0.2, 0.25) is 0 Å². The van der Waals surface area contributed by atoms with Gasteiger partial charge in [0.1, 0.15) is 29.9 Å². The molecule has 2 aromatic carbocycles. The van der Waals surface area contributed by atoms with Gasteiger partial charge in [0.15, 0.2) is 8.32 Å². The highest BCUT2D eigenvalue weighted by molar-refractivity contribution is 7.99. The van der Waals surface area contributed by atoms with Crippen LogP contribution in [0.3, 0.4) is 0 Å². The van der Waals surface area contributed by atoms with Crippen LogP contribution in [0.25, 0.3) is 0 Å². The Morgan fingerprint density at radius 2 is 1.26 bits per heavy atom. The minimum absolute atomic E-state index is 0.352. The fourth-order valence-electron chi connectivity index (χ4n) is 5.98. The molecule has 5 nitrogen and oxygen atoms in total. The molecular formula is C31H48O5SSi. The van der Waals surface area contributed by atoms with Crippen molar-refractivity contribution in [2.75, 3.05) is 12.4 Å². The quantitative estimate of drug-likeness (QED) is 0.247. The number of thioether (sulfide) groups is 1. The molecule has 0 saturated carbocycles. The Hall–Kier alpha value is -1.19. The molecule has 2 aromatic rings. The molecule has 212 valence electrons. The number of benzene rings is 2. The summed E-state index contributed by atoms with van der Waals surface area (Å²) in [5, 5.41) is 11.4. The Bertz CT molecular complexity index is 905. The van der Waals surface area contributed by atoms with Gasteiger partial charge in [0.25, 0.3) is 0 Å². The fraction of sp³-hybridized carbons (Fsp3) is 0.613. The van der Waals surface area contributed by atoms with Crippen LogP contribution >= 0.6 is 11.8 Å². The van der Waals surface area contributed by atoms with E-state index in [1.54, 1.807) is 11.8 Å². The lowest BCUT2D eigenvalue weighted by atomic mass is 9.99. The molecular weight excluding hydrogens is 512 g/mol. The van der Waals surface area contributed by atoms with Crippen molar-refractivity contribution in [1.82, 2.24) is 0 Å². The predicted molar refractivity (Wildman–Crippen MR) is 160 cm³/mol. The second-order valence-electron chi connectivity index (χ2n) is 11.1. The minimum atomic E-state index is -2.12. The molecule has 38 heavy (non-hydrogen) atoms. The summed E-state index contributed by atoms with van der Waals surface area (Å²) in [5.74, 6) is 0.832. The van der Waals surface area contributed by atoms with Gasteiger partial charge in [-0.05, 0) is 33.5 Å². The van der Waals surface area contributed by atoms with Gasteiger partial charge in [-0.3, -0.25) is 0 Å². The van der Waals surface area contributed by atoms with E-state index in [9.17, 15) is 5.11 Å². The summed E-state index contributed by atoms with van der Waals surface area (Å²) < 4.78 is 26.6. The molecule has 0 bridgehead atoms. The van der Waals surface area contributed by atoms with E-state index >= 15 is 0 Å². The van der Waals surface area contributed by atoms with E-state index in [0.717, 1.165) is 16.9 Å². The summed E-state index contributed by atoms with van der Waals surface area (Å²) in [5.41, 5.74) is 3.12. The molecule has 1 aliphatic heterocycles. The second-order valence-corrected chi connectivity index (χ2v) is 18.0. The average molecular weight is 561 g/mol. The molecule has 0 amide bonds. The Morgan fingerprint density at radius 3 is 1.71 bits per heavy atom. The van der Waals surface area contributed by atoms with Crippen LogP contribution in [-0.4, -0.2) is 55.6 Å². The molecule has 0 unspecified atom stereocenters. The van der Waals surface area contributed by atoms with Crippen LogP contribution < -0.4 is 0 Å². The van der Waals surface area contributed by atoms with Gasteiger partial charge in [0, 0.05) is 0 Å². The number of aliphatic hydroxyl groups excluding tert-OH is 1. The highest BCUT2D eigenvalue weighted by Crippen LogP contribution is 2.43. The number of hydrogen-bond acceptors (Lipinski definition) is 6. The van der Waals surface area contributed by atoms with E-state index in [1.807, 2.05) is 48.5 Å². The third kappa shape index (κ3) is 7.72. The molecule has 0 radical (unpaired) electrons. The third-order valence-corrected chi connectivity index (χ3v) is 14.9. The molecule has 7 heteroatoms. The summed E-state index contributed by atoms with van der Waals surface area (Å²) in [6.45, 7) is 17.1. The number of hydrogen-bond donors (Lipinski definition) is 1. The van der Waals surface area contributed by atoms with E-state index < -0.39 is 32.1 Å². The summed E-state index contributed by atoms with van der Waals surface area (Å²) in [7, 11) is -2.12. The van der Waals surface area contributed by atoms with Crippen molar-refractivity contribution >= 4 is 20.1 Å². The van der Waals surface area contributed by atoms with E-state index in [2.05, 4.69) is 60.6 Å². The first-order chi connectivity index (χ1) is 18.2. The van der Waals surface area contributed by atoms with Gasteiger partial charge < -0.3 is 23.7 Å². The van der Waals surface area contributed by atoms with E-state index in [4.69, 9.17) is 18.6 Å². The maximum Gasteiger partial charge on any atom is 0.200 e. The van der Waals surface area contributed by atoms with Crippen LogP contribution in [0.4, 0.5) is 0 Å². The maximum absolute atomic E-state index is 11.4. The highest BCUT2D eigenvalue weighted by atomic mass is 32.2. The lowest BCUT2D eigenvalue weighted by molar-refractivity contribution is -0.238. The summed E-state index contributed by atoms with van der Waals surface area (Å²) in [6.07, 6.45) is -2.18. The fourth-order valence-corrected chi connectivity index (χ4v) is 12.3. The van der Waals surface area contributed by atoms with Crippen LogP contribution in [0.2, 0.25) is 16.6 Å². The first-order valence-corrected chi connectivity index (χ1v) is 17.3. The molecule has 1 heterocycles.